The van der Waals surface area contributed by atoms with Crippen LogP contribution < -0.4 is 0 Å². The largest absolute Gasteiger partial charge is 0.396 e. The van der Waals surface area contributed by atoms with Crippen LogP contribution in [0.25, 0.3) is 0 Å². The van der Waals surface area contributed by atoms with E-state index in [1.807, 2.05) is 19.1 Å². The summed E-state index contributed by atoms with van der Waals surface area (Å²) in [5, 5.41) is 8.92. The molecule has 1 N–H and O–H groups in total. The van der Waals surface area contributed by atoms with Gasteiger partial charge in [-0.05, 0) is 29.9 Å². The minimum absolute atomic E-state index is 0.228. The monoisotopic (exact) mass is 180 g/mol. The molecule has 0 amide bonds. The van der Waals surface area contributed by atoms with Crippen molar-refractivity contribution < 1.29 is 5.11 Å². The van der Waals surface area contributed by atoms with Gasteiger partial charge in [0.1, 0.15) is 0 Å². The van der Waals surface area contributed by atoms with Crippen molar-refractivity contribution >= 4 is 0 Å². The Hall–Kier alpha value is -0.820. The highest BCUT2D eigenvalue weighted by Crippen LogP contribution is 2.18. The first-order valence-electron chi connectivity index (χ1n) is 4.77. The minimum Gasteiger partial charge on any atom is -0.396 e. The van der Waals surface area contributed by atoms with Crippen LogP contribution in [0.5, 0.6) is 0 Å². The molecule has 13 heavy (non-hydrogen) atoms. The van der Waals surface area contributed by atoms with Gasteiger partial charge in [-0.2, -0.15) is 0 Å². The van der Waals surface area contributed by atoms with Gasteiger partial charge in [-0.25, -0.2) is 0 Å². The van der Waals surface area contributed by atoms with Crippen LogP contribution in [0, 0.1) is 5.92 Å². The fraction of sp³-hybridized carbons (Fsp3) is 0.500. The molecule has 0 saturated heterocycles. The van der Waals surface area contributed by atoms with E-state index in [2.05, 4.69) is 20.1 Å². The third-order valence-electron chi connectivity index (χ3n) is 2.17. The van der Waals surface area contributed by atoms with E-state index in [1.165, 1.54) is 11.1 Å². The maximum Gasteiger partial charge on any atom is 0.0459 e. The van der Waals surface area contributed by atoms with E-state index in [0.29, 0.717) is 5.92 Å². The number of rotatable bonds is 6. The Kier molecular flexibility index (Phi) is 6.25. The highest BCUT2D eigenvalue weighted by molar-refractivity contribution is 5.31. The predicted octanol–water partition coefficient (Wildman–Crippen LogP) is 3.08. The van der Waals surface area contributed by atoms with Gasteiger partial charge in [0, 0.05) is 6.61 Å². The number of hydrogen-bond donors (Lipinski definition) is 1. The first kappa shape index (κ1) is 12.2. The predicted molar refractivity (Wildman–Crippen MR) is 58.6 cm³/mol. The lowest BCUT2D eigenvalue weighted by Gasteiger charge is -2.11. The van der Waals surface area contributed by atoms with Gasteiger partial charge >= 0.3 is 0 Å². The van der Waals surface area contributed by atoms with Crippen LogP contribution in [0.1, 0.15) is 26.7 Å². The van der Waals surface area contributed by atoms with Crippen molar-refractivity contribution in [3.8, 4) is 0 Å². The van der Waals surface area contributed by atoms with E-state index in [4.69, 9.17) is 5.11 Å². The molecule has 0 aliphatic carbocycles. The Morgan fingerprint density at radius 1 is 1.31 bits per heavy atom. The first-order chi connectivity index (χ1) is 6.19. The topological polar surface area (TPSA) is 20.2 Å². The molecule has 0 aromatic carbocycles. The van der Waals surface area contributed by atoms with Crippen LogP contribution in [0.15, 0.2) is 36.5 Å². The number of aliphatic hydroxyl groups excluding tert-OH is 1. The smallest absolute Gasteiger partial charge is 0.0459 e. The molecule has 0 saturated carbocycles. The summed E-state index contributed by atoms with van der Waals surface area (Å²) in [7, 11) is 0. The molecule has 0 aliphatic rings. The third kappa shape index (κ3) is 4.09. The summed E-state index contributed by atoms with van der Waals surface area (Å²) < 4.78 is 0. The normalized spacial score (nSPS) is 14.7. The van der Waals surface area contributed by atoms with Gasteiger partial charge in [-0.15, -0.1) is 0 Å². The van der Waals surface area contributed by atoms with Gasteiger partial charge < -0.3 is 5.11 Å². The second-order valence-corrected chi connectivity index (χ2v) is 3.30. The van der Waals surface area contributed by atoms with Gasteiger partial charge in [-0.3, -0.25) is 0 Å². The molecule has 1 unspecified atom stereocenters. The molecule has 0 radical (unpaired) electrons. The van der Waals surface area contributed by atoms with Crippen molar-refractivity contribution in [1.29, 1.82) is 0 Å². The molecule has 0 aliphatic heterocycles. The quantitative estimate of drug-likeness (QED) is 0.623. The van der Waals surface area contributed by atoms with E-state index in [0.717, 1.165) is 12.8 Å². The van der Waals surface area contributed by atoms with Crippen molar-refractivity contribution in [3.63, 3.8) is 0 Å². The third-order valence-corrected chi connectivity index (χ3v) is 2.17. The Balaban J connectivity index is 4.55. The molecule has 0 rings (SSSR count). The lowest BCUT2D eigenvalue weighted by Crippen LogP contribution is -2.02. The summed E-state index contributed by atoms with van der Waals surface area (Å²) in [5.74, 6) is 0.300. The van der Waals surface area contributed by atoms with E-state index in [1.54, 1.807) is 0 Å². The number of hydrogen-bond acceptors (Lipinski definition) is 1. The fourth-order valence-electron chi connectivity index (χ4n) is 1.29. The Labute approximate surface area is 81.5 Å². The van der Waals surface area contributed by atoms with Crippen molar-refractivity contribution in [3.05, 3.63) is 36.5 Å². The average Bonchev–Trinajstić information content (AvgIpc) is 2.17. The Morgan fingerprint density at radius 2 is 1.85 bits per heavy atom. The zero-order chi connectivity index (χ0) is 10.3. The second-order valence-electron chi connectivity index (χ2n) is 3.30. The summed E-state index contributed by atoms with van der Waals surface area (Å²) in [6.45, 7) is 11.9. The van der Waals surface area contributed by atoms with Crippen LogP contribution >= 0.6 is 0 Å². The molecular formula is C12H20O. The molecule has 0 aromatic rings. The van der Waals surface area contributed by atoms with E-state index >= 15 is 0 Å². The molecule has 0 heterocycles. The van der Waals surface area contributed by atoms with E-state index in [-0.39, 0.29) is 6.61 Å². The van der Waals surface area contributed by atoms with Crippen LogP contribution in [-0.2, 0) is 0 Å². The maximum absolute atomic E-state index is 8.92. The van der Waals surface area contributed by atoms with Crippen molar-refractivity contribution in [1.82, 2.24) is 0 Å². The molecule has 0 bridgehead atoms. The highest BCUT2D eigenvalue weighted by atomic mass is 16.3. The van der Waals surface area contributed by atoms with E-state index in [9.17, 15) is 0 Å². The van der Waals surface area contributed by atoms with Gasteiger partial charge in [0.2, 0.25) is 0 Å². The van der Waals surface area contributed by atoms with Crippen molar-refractivity contribution in [2.75, 3.05) is 6.61 Å². The lowest BCUT2D eigenvalue weighted by molar-refractivity contribution is 0.237. The molecule has 1 atom stereocenters. The fourth-order valence-corrected chi connectivity index (χ4v) is 1.29. The first-order valence-corrected chi connectivity index (χ1v) is 4.77. The summed E-state index contributed by atoms with van der Waals surface area (Å²) in [5.41, 5.74) is 2.44. The van der Waals surface area contributed by atoms with E-state index < -0.39 is 0 Å². The molecule has 0 aromatic heterocycles. The Bertz CT molecular complexity index is 201. The molecular weight excluding hydrogens is 160 g/mol. The number of aliphatic hydroxyl groups is 1. The SMILES string of the molecule is C=C/C(CC)=C(\C=C)CC(C)CO. The van der Waals surface area contributed by atoms with Crippen LogP contribution in [0.2, 0.25) is 0 Å². The summed E-state index contributed by atoms with van der Waals surface area (Å²) in [6.07, 6.45) is 5.60. The molecule has 1 heteroatoms. The number of allylic oxidation sites excluding steroid dienone is 4. The molecule has 1 nitrogen and oxygen atoms in total. The minimum atomic E-state index is 0.228. The molecule has 0 spiro atoms. The average molecular weight is 180 g/mol. The van der Waals surface area contributed by atoms with Gasteiger partial charge in [0.05, 0.1) is 0 Å². The maximum atomic E-state index is 8.92. The van der Waals surface area contributed by atoms with Gasteiger partial charge in [-0.1, -0.05) is 39.2 Å². The van der Waals surface area contributed by atoms with Crippen LogP contribution in [0.3, 0.4) is 0 Å². The Morgan fingerprint density at radius 3 is 2.15 bits per heavy atom. The highest BCUT2D eigenvalue weighted by Gasteiger charge is 2.04. The summed E-state index contributed by atoms with van der Waals surface area (Å²) in [6, 6.07) is 0. The summed E-state index contributed by atoms with van der Waals surface area (Å²) >= 11 is 0. The zero-order valence-electron chi connectivity index (χ0n) is 8.71. The lowest BCUT2D eigenvalue weighted by atomic mass is 9.96. The van der Waals surface area contributed by atoms with Crippen LogP contribution in [0.4, 0.5) is 0 Å². The van der Waals surface area contributed by atoms with Crippen molar-refractivity contribution in [2.24, 2.45) is 5.92 Å². The molecule has 0 fully saturated rings. The van der Waals surface area contributed by atoms with Crippen LogP contribution in [-0.4, -0.2) is 11.7 Å². The summed E-state index contributed by atoms with van der Waals surface area (Å²) in [4.78, 5) is 0. The van der Waals surface area contributed by atoms with Gasteiger partial charge in [0.25, 0.3) is 0 Å². The standard InChI is InChI=1S/C12H20O/c1-5-11(6-2)12(7-3)8-10(4)9-13/h5,7,10,13H,1,3,6,8-9H2,2,4H3/b12-11-. The second kappa shape index (κ2) is 6.67. The zero-order valence-corrected chi connectivity index (χ0v) is 8.71. The molecule has 74 valence electrons. The van der Waals surface area contributed by atoms with Crippen molar-refractivity contribution in [2.45, 2.75) is 26.7 Å². The van der Waals surface area contributed by atoms with Gasteiger partial charge in [0.15, 0.2) is 0 Å².